The summed E-state index contributed by atoms with van der Waals surface area (Å²) in [6.07, 6.45) is -0.236. The van der Waals surface area contributed by atoms with E-state index in [0.717, 1.165) is 0 Å². The van der Waals surface area contributed by atoms with Crippen molar-refractivity contribution < 1.29 is 13.9 Å². The molecule has 0 aromatic heterocycles. The van der Waals surface area contributed by atoms with Crippen LogP contribution in [0.1, 0.15) is 32.4 Å². The second-order valence-corrected chi connectivity index (χ2v) is 5.49. The number of carbonyl (C=O) groups is 1. The van der Waals surface area contributed by atoms with E-state index in [1.54, 1.807) is 32.9 Å². The Morgan fingerprint density at radius 2 is 2.14 bits per heavy atom. The van der Waals surface area contributed by atoms with Crippen LogP contribution < -0.4 is 10.6 Å². The van der Waals surface area contributed by atoms with Crippen molar-refractivity contribution in [1.29, 1.82) is 0 Å². The lowest BCUT2D eigenvalue weighted by molar-refractivity contribution is -0.143. The van der Waals surface area contributed by atoms with E-state index < -0.39 is 12.0 Å². The number of ether oxygens (including phenoxy) is 1. The van der Waals surface area contributed by atoms with Crippen LogP contribution in [-0.2, 0) is 9.53 Å². The van der Waals surface area contributed by atoms with Gasteiger partial charge in [-0.05, 0) is 50.7 Å². The lowest BCUT2D eigenvalue weighted by Crippen LogP contribution is -2.45. The van der Waals surface area contributed by atoms with Crippen molar-refractivity contribution in [3.05, 3.63) is 46.9 Å². The van der Waals surface area contributed by atoms with E-state index in [-0.39, 0.29) is 11.9 Å². The highest BCUT2D eigenvalue weighted by Gasteiger charge is 2.31. The Morgan fingerprint density at radius 1 is 1.43 bits per heavy atom. The van der Waals surface area contributed by atoms with E-state index in [4.69, 9.17) is 17.0 Å². The molecule has 0 unspecified atom stereocenters. The number of hydrogen-bond acceptors (Lipinski definition) is 3. The molecular formula is C15H17FN2O2S. The van der Waals surface area contributed by atoms with Gasteiger partial charge in [0.25, 0.3) is 0 Å². The molecular weight excluding hydrogens is 291 g/mol. The van der Waals surface area contributed by atoms with Gasteiger partial charge >= 0.3 is 5.97 Å². The zero-order valence-corrected chi connectivity index (χ0v) is 12.9. The Kier molecular flexibility index (Phi) is 4.57. The maximum atomic E-state index is 13.4. The third-order valence-electron chi connectivity index (χ3n) is 3.01. The maximum absolute atomic E-state index is 13.4. The van der Waals surface area contributed by atoms with Crippen molar-refractivity contribution >= 4 is 23.3 Å². The van der Waals surface area contributed by atoms with Gasteiger partial charge < -0.3 is 15.4 Å². The summed E-state index contributed by atoms with van der Waals surface area (Å²) in [4.78, 5) is 12.3. The van der Waals surface area contributed by atoms with Gasteiger partial charge in [-0.15, -0.1) is 0 Å². The number of nitrogens with one attached hydrogen (secondary N) is 2. The fourth-order valence-corrected chi connectivity index (χ4v) is 2.45. The van der Waals surface area contributed by atoms with Crippen LogP contribution in [0.4, 0.5) is 4.39 Å². The fraction of sp³-hybridized carbons (Fsp3) is 0.333. The van der Waals surface area contributed by atoms with E-state index in [9.17, 15) is 9.18 Å². The second-order valence-electron chi connectivity index (χ2n) is 5.08. The third kappa shape index (κ3) is 3.58. The number of rotatable bonds is 3. The predicted molar refractivity (Wildman–Crippen MR) is 81.9 cm³/mol. The van der Waals surface area contributed by atoms with Crippen molar-refractivity contribution in [2.75, 3.05) is 0 Å². The van der Waals surface area contributed by atoms with Crippen molar-refractivity contribution in [3.8, 4) is 0 Å². The average Bonchev–Trinajstić information content (AvgIpc) is 2.36. The molecule has 0 saturated carbocycles. The normalized spacial score (nSPS) is 18.3. The van der Waals surface area contributed by atoms with Gasteiger partial charge in [-0.2, -0.15) is 0 Å². The minimum absolute atomic E-state index is 0.236. The first-order valence-corrected chi connectivity index (χ1v) is 7.04. The fourth-order valence-electron chi connectivity index (χ4n) is 2.18. The number of hydrogen-bond donors (Lipinski definition) is 2. The van der Waals surface area contributed by atoms with E-state index in [0.29, 0.717) is 21.9 Å². The molecule has 0 amide bonds. The summed E-state index contributed by atoms with van der Waals surface area (Å²) in [6.45, 7) is 5.30. The van der Waals surface area contributed by atoms with Crippen LogP contribution in [0, 0.1) is 5.82 Å². The summed E-state index contributed by atoms with van der Waals surface area (Å²) < 4.78 is 18.7. The number of esters is 1. The van der Waals surface area contributed by atoms with Gasteiger partial charge in [0.15, 0.2) is 5.11 Å². The molecule has 1 heterocycles. The third-order valence-corrected chi connectivity index (χ3v) is 3.23. The molecule has 0 radical (unpaired) electrons. The molecule has 6 heteroatoms. The molecule has 112 valence electrons. The molecule has 1 aliphatic rings. The summed E-state index contributed by atoms with van der Waals surface area (Å²) in [5.74, 6) is -0.813. The molecule has 4 nitrogen and oxygen atoms in total. The van der Waals surface area contributed by atoms with E-state index >= 15 is 0 Å². The number of benzene rings is 1. The summed E-state index contributed by atoms with van der Waals surface area (Å²) in [7, 11) is 0. The zero-order valence-electron chi connectivity index (χ0n) is 12.1. The lowest BCUT2D eigenvalue weighted by Gasteiger charge is -2.30. The van der Waals surface area contributed by atoms with Crippen LogP contribution in [0.3, 0.4) is 0 Å². The molecule has 0 saturated heterocycles. The Hall–Kier alpha value is -1.95. The van der Waals surface area contributed by atoms with Gasteiger partial charge in [0.2, 0.25) is 0 Å². The maximum Gasteiger partial charge on any atom is 0.338 e. The zero-order chi connectivity index (χ0) is 15.6. The molecule has 0 aliphatic carbocycles. The monoisotopic (exact) mass is 308 g/mol. The summed E-state index contributed by atoms with van der Waals surface area (Å²) in [5.41, 5.74) is 1.63. The smallest absolute Gasteiger partial charge is 0.338 e. The summed E-state index contributed by atoms with van der Waals surface area (Å²) >= 11 is 5.12. The van der Waals surface area contributed by atoms with Gasteiger partial charge in [-0.3, -0.25) is 0 Å². The SMILES string of the molecule is CC1=C(C(=O)OC(C)C)[C@@H](c2cccc(F)c2)NC(=S)N1. The second kappa shape index (κ2) is 6.22. The Morgan fingerprint density at radius 3 is 2.76 bits per heavy atom. The first kappa shape index (κ1) is 15.4. The van der Waals surface area contributed by atoms with Crippen LogP contribution >= 0.6 is 12.2 Å². The van der Waals surface area contributed by atoms with Gasteiger partial charge in [-0.25, -0.2) is 9.18 Å². The molecule has 21 heavy (non-hydrogen) atoms. The highest BCUT2D eigenvalue weighted by Crippen LogP contribution is 2.28. The summed E-state index contributed by atoms with van der Waals surface area (Å²) in [6, 6.07) is 5.54. The molecule has 1 aliphatic heterocycles. The first-order valence-electron chi connectivity index (χ1n) is 6.63. The largest absolute Gasteiger partial charge is 0.459 e. The lowest BCUT2D eigenvalue weighted by atomic mass is 9.95. The van der Waals surface area contributed by atoms with E-state index in [1.165, 1.54) is 12.1 Å². The predicted octanol–water partition coefficient (Wildman–Crippen LogP) is 2.57. The van der Waals surface area contributed by atoms with Crippen molar-refractivity contribution in [1.82, 2.24) is 10.6 Å². The minimum atomic E-state index is -0.527. The Balaban J connectivity index is 2.43. The first-order chi connectivity index (χ1) is 9.88. The highest BCUT2D eigenvalue weighted by molar-refractivity contribution is 7.80. The van der Waals surface area contributed by atoms with Crippen LogP contribution in [0.25, 0.3) is 0 Å². The van der Waals surface area contributed by atoms with E-state index in [2.05, 4.69) is 10.6 Å². The Bertz CT molecular complexity index is 613. The van der Waals surface area contributed by atoms with Gasteiger partial charge in [0.05, 0.1) is 17.7 Å². The number of carbonyl (C=O) groups excluding carboxylic acids is 1. The molecule has 1 aromatic carbocycles. The molecule has 1 atom stereocenters. The van der Waals surface area contributed by atoms with Gasteiger partial charge in [-0.1, -0.05) is 12.1 Å². The van der Waals surface area contributed by atoms with E-state index in [1.807, 2.05) is 0 Å². The topological polar surface area (TPSA) is 50.4 Å². The van der Waals surface area contributed by atoms with Crippen LogP contribution in [0.5, 0.6) is 0 Å². The number of allylic oxidation sites excluding steroid dienone is 1. The van der Waals surface area contributed by atoms with Crippen molar-refractivity contribution in [2.24, 2.45) is 0 Å². The molecule has 2 rings (SSSR count). The number of halogens is 1. The van der Waals surface area contributed by atoms with Crippen molar-refractivity contribution in [2.45, 2.75) is 32.9 Å². The molecule has 0 bridgehead atoms. The molecule has 0 fully saturated rings. The minimum Gasteiger partial charge on any atom is -0.459 e. The van der Waals surface area contributed by atoms with Gasteiger partial charge in [0.1, 0.15) is 5.82 Å². The molecule has 0 spiro atoms. The van der Waals surface area contributed by atoms with Crippen LogP contribution in [-0.4, -0.2) is 17.2 Å². The summed E-state index contributed by atoms with van der Waals surface area (Å²) in [5, 5.41) is 6.28. The van der Waals surface area contributed by atoms with Gasteiger partial charge in [0, 0.05) is 5.70 Å². The standard InChI is InChI=1S/C15H17FN2O2S/c1-8(2)20-14(19)12-9(3)17-15(21)18-13(12)10-5-4-6-11(16)7-10/h4-8,13H,1-3H3,(H2,17,18,21)/t13-/m1/s1. The van der Waals surface area contributed by atoms with Crippen molar-refractivity contribution in [3.63, 3.8) is 0 Å². The van der Waals surface area contributed by atoms with Crippen LogP contribution in [0.2, 0.25) is 0 Å². The highest BCUT2D eigenvalue weighted by atomic mass is 32.1. The molecule has 2 N–H and O–H groups in total. The van der Waals surface area contributed by atoms with Crippen LogP contribution in [0.15, 0.2) is 35.5 Å². The Labute approximate surface area is 128 Å². The molecule has 1 aromatic rings. The average molecular weight is 308 g/mol. The quantitative estimate of drug-likeness (QED) is 0.664. The number of thiocarbonyl (C=S) groups is 1.